The molecule has 5 nitrogen and oxygen atoms in total. The van der Waals surface area contributed by atoms with Gasteiger partial charge in [-0.2, -0.15) is 5.10 Å². The first kappa shape index (κ1) is 27.1. The third kappa shape index (κ3) is 4.86. The van der Waals surface area contributed by atoms with E-state index in [1.807, 2.05) is 43.8 Å². The Bertz CT molecular complexity index is 1350. The Hall–Kier alpha value is -2.45. The number of rotatable bonds is 7. The minimum atomic E-state index is -1.17. The summed E-state index contributed by atoms with van der Waals surface area (Å²) in [6.07, 6.45) is 7.73. The molecular weight excluding hydrogens is 497 g/mol. The molecule has 7 heteroatoms. The lowest BCUT2D eigenvalue weighted by molar-refractivity contribution is -0.0462. The van der Waals surface area contributed by atoms with Crippen LogP contribution < -0.4 is 4.72 Å². The topological polar surface area (TPSA) is 73.1 Å². The maximum atomic E-state index is 13.5. The fraction of sp³-hybridized carbons (Fsp3) is 0.452. The maximum Gasteiger partial charge on any atom is 0.136 e. The zero-order valence-electron chi connectivity index (χ0n) is 22.9. The number of aliphatic hydroxyl groups is 1. The predicted molar refractivity (Wildman–Crippen MR) is 152 cm³/mol. The highest BCUT2D eigenvalue weighted by Gasteiger charge is 2.54. The minimum absolute atomic E-state index is 0.0648. The number of nitrogens with one attached hydrogen (secondary N) is 1. The number of aromatic nitrogens is 2. The number of hydrogen-bond acceptors (Lipinski definition) is 4. The number of halogens is 1. The van der Waals surface area contributed by atoms with Crippen molar-refractivity contribution in [3.63, 3.8) is 0 Å². The Morgan fingerprint density at radius 1 is 1.18 bits per heavy atom. The summed E-state index contributed by atoms with van der Waals surface area (Å²) < 4.78 is 31.0. The summed E-state index contributed by atoms with van der Waals surface area (Å²) in [6, 6.07) is 14.6. The average molecular weight is 536 g/mol. The molecule has 3 aromatic rings. The van der Waals surface area contributed by atoms with Crippen molar-refractivity contribution in [3.05, 3.63) is 88.5 Å². The molecule has 202 valence electrons. The molecule has 0 radical (unpaired) electrons. The molecule has 1 aromatic heterocycles. The first-order valence-electron chi connectivity index (χ1n) is 13.4. The number of benzene rings is 2. The van der Waals surface area contributed by atoms with Gasteiger partial charge in [0.2, 0.25) is 0 Å². The predicted octanol–water partition coefficient (Wildman–Crippen LogP) is 6.23. The van der Waals surface area contributed by atoms with Crippen LogP contribution >= 0.6 is 0 Å². The Labute approximate surface area is 228 Å². The molecule has 2 aliphatic rings. The molecule has 1 saturated carbocycles. The molecule has 2 aromatic carbocycles. The van der Waals surface area contributed by atoms with Gasteiger partial charge in [0.1, 0.15) is 10.6 Å². The van der Waals surface area contributed by atoms with E-state index in [-0.39, 0.29) is 22.0 Å². The van der Waals surface area contributed by atoms with E-state index in [0.717, 1.165) is 41.8 Å². The van der Waals surface area contributed by atoms with Crippen molar-refractivity contribution in [2.75, 3.05) is 0 Å². The molecule has 0 bridgehead atoms. The normalized spacial score (nSPS) is 24.5. The lowest BCUT2D eigenvalue weighted by Gasteiger charge is -2.42. The van der Waals surface area contributed by atoms with Gasteiger partial charge in [-0.15, -0.1) is 4.72 Å². The lowest BCUT2D eigenvalue weighted by Crippen LogP contribution is -2.45. The first-order valence-corrected chi connectivity index (χ1v) is 14.6. The highest BCUT2D eigenvalue weighted by Crippen LogP contribution is 2.57. The second kappa shape index (κ2) is 9.94. The zero-order valence-corrected chi connectivity index (χ0v) is 23.7. The van der Waals surface area contributed by atoms with Gasteiger partial charge in [0, 0.05) is 16.8 Å². The maximum absolute atomic E-state index is 13.5. The van der Waals surface area contributed by atoms with Gasteiger partial charge >= 0.3 is 0 Å². The number of nitrogens with zero attached hydrogens (tertiary/aromatic N) is 2. The van der Waals surface area contributed by atoms with Crippen molar-refractivity contribution in [3.8, 4) is 5.69 Å². The summed E-state index contributed by atoms with van der Waals surface area (Å²) in [5, 5.41) is 16.7. The second-order valence-corrected chi connectivity index (χ2v) is 14.1. The van der Waals surface area contributed by atoms with Crippen molar-refractivity contribution in [1.29, 1.82) is 0 Å². The van der Waals surface area contributed by atoms with Crippen molar-refractivity contribution in [2.24, 2.45) is 5.41 Å². The summed E-state index contributed by atoms with van der Waals surface area (Å²) in [5.41, 5.74) is 5.28. The van der Waals surface area contributed by atoms with Crippen LogP contribution in [0.25, 0.3) is 11.8 Å². The molecule has 0 amide bonds. The Balaban J connectivity index is 1.36. The minimum Gasteiger partial charge on any atom is -0.598 e. The molecule has 0 spiro atoms. The molecule has 1 fully saturated rings. The van der Waals surface area contributed by atoms with Gasteiger partial charge in [0.15, 0.2) is 0 Å². The van der Waals surface area contributed by atoms with Gasteiger partial charge in [-0.05, 0) is 107 Å². The van der Waals surface area contributed by atoms with Crippen LogP contribution in [-0.2, 0) is 24.2 Å². The molecule has 2 N–H and O–H groups in total. The van der Waals surface area contributed by atoms with Crippen LogP contribution in [0.15, 0.2) is 60.3 Å². The molecule has 2 unspecified atom stereocenters. The SMILES string of the molecule is C[C@@H](N[S+]([O-])C(C)(C)C)c1ccccc1CC[C@]1(O)CCC2=Cc3c(cnn3-c3ccc(F)cc3)CC21C. The van der Waals surface area contributed by atoms with Gasteiger partial charge < -0.3 is 9.66 Å². The van der Waals surface area contributed by atoms with Crippen LogP contribution in [-0.4, -0.2) is 29.8 Å². The van der Waals surface area contributed by atoms with Crippen LogP contribution in [0.5, 0.6) is 0 Å². The van der Waals surface area contributed by atoms with E-state index >= 15 is 0 Å². The Morgan fingerprint density at radius 2 is 1.89 bits per heavy atom. The van der Waals surface area contributed by atoms with Crippen LogP contribution in [0.2, 0.25) is 0 Å². The quantitative estimate of drug-likeness (QED) is 0.352. The zero-order chi connectivity index (χ0) is 27.3. The standard InChI is InChI=1S/C31H38FN3O2S/c1-21(34-38(37)29(2,3)4)27-9-7-6-8-22(27)14-16-31(36)17-15-24-18-28-23(19-30(24,31)5)20-33-35(28)26-12-10-25(32)11-13-26/h6-13,18,20-21,34,36H,14-17,19H2,1-5H3/t21-,30?,31+,38?/m1/s1. The summed E-state index contributed by atoms with van der Waals surface area (Å²) in [6.45, 7) is 10.1. The summed E-state index contributed by atoms with van der Waals surface area (Å²) >= 11 is -1.17. The molecule has 1 heterocycles. The molecule has 2 aliphatic carbocycles. The van der Waals surface area contributed by atoms with Gasteiger partial charge in [-0.3, -0.25) is 0 Å². The Kier molecular flexibility index (Phi) is 7.10. The second-order valence-electron chi connectivity index (χ2n) is 12.1. The third-order valence-corrected chi connectivity index (χ3v) is 10.2. The largest absolute Gasteiger partial charge is 0.598 e. The van der Waals surface area contributed by atoms with E-state index in [4.69, 9.17) is 0 Å². The van der Waals surface area contributed by atoms with Crippen LogP contribution in [0.4, 0.5) is 4.39 Å². The fourth-order valence-electron chi connectivity index (χ4n) is 6.04. The highest BCUT2D eigenvalue weighted by atomic mass is 32.2. The van der Waals surface area contributed by atoms with Crippen LogP contribution in [0.1, 0.15) is 82.3 Å². The van der Waals surface area contributed by atoms with Gasteiger partial charge in [-0.1, -0.05) is 36.8 Å². The fourth-order valence-corrected chi connectivity index (χ4v) is 6.85. The summed E-state index contributed by atoms with van der Waals surface area (Å²) in [5.74, 6) is -0.268. The molecule has 0 saturated heterocycles. The molecule has 38 heavy (non-hydrogen) atoms. The average Bonchev–Trinajstić information content (AvgIpc) is 3.39. The Morgan fingerprint density at radius 3 is 2.61 bits per heavy atom. The molecular formula is C31H38FN3O2S. The molecule has 0 aliphatic heterocycles. The van der Waals surface area contributed by atoms with Crippen LogP contribution in [0.3, 0.4) is 0 Å². The highest BCUT2D eigenvalue weighted by molar-refractivity contribution is 7.90. The van der Waals surface area contributed by atoms with E-state index in [1.54, 1.807) is 12.1 Å². The lowest BCUT2D eigenvalue weighted by atomic mass is 9.65. The monoisotopic (exact) mass is 535 g/mol. The van der Waals surface area contributed by atoms with E-state index < -0.39 is 17.0 Å². The van der Waals surface area contributed by atoms with E-state index in [2.05, 4.69) is 41.9 Å². The third-order valence-electron chi connectivity index (χ3n) is 8.53. The van der Waals surface area contributed by atoms with Crippen LogP contribution in [0, 0.1) is 11.2 Å². The van der Waals surface area contributed by atoms with Gasteiger partial charge in [-0.25, -0.2) is 9.07 Å². The summed E-state index contributed by atoms with van der Waals surface area (Å²) in [7, 11) is 0. The van der Waals surface area contributed by atoms with Crippen molar-refractivity contribution >= 4 is 17.4 Å². The number of hydrogen-bond donors (Lipinski definition) is 2. The summed E-state index contributed by atoms with van der Waals surface area (Å²) in [4.78, 5) is 0. The van der Waals surface area contributed by atoms with E-state index in [1.165, 1.54) is 23.3 Å². The van der Waals surface area contributed by atoms with E-state index in [0.29, 0.717) is 12.8 Å². The van der Waals surface area contributed by atoms with Gasteiger partial charge in [0.05, 0.1) is 29.2 Å². The van der Waals surface area contributed by atoms with Crippen molar-refractivity contribution < 1.29 is 14.0 Å². The molecule has 4 atom stereocenters. The first-order chi connectivity index (χ1) is 17.9. The number of aryl methyl sites for hydroxylation is 1. The van der Waals surface area contributed by atoms with Crippen molar-refractivity contribution in [2.45, 2.75) is 83.1 Å². The van der Waals surface area contributed by atoms with Gasteiger partial charge in [0.25, 0.3) is 0 Å². The van der Waals surface area contributed by atoms with E-state index in [9.17, 15) is 14.0 Å². The van der Waals surface area contributed by atoms with Crippen molar-refractivity contribution in [1.82, 2.24) is 14.5 Å². The smallest absolute Gasteiger partial charge is 0.136 e. The number of fused-ring (bicyclic) bond motifs is 2. The molecule has 5 rings (SSSR count).